The fraction of sp³-hybridized carbons (Fsp3) is 0.370. The van der Waals surface area contributed by atoms with Gasteiger partial charge >= 0.3 is 0 Å². The van der Waals surface area contributed by atoms with Crippen LogP contribution in [0.5, 0.6) is 0 Å². The minimum atomic E-state index is -0.310. The second kappa shape index (κ2) is 10.8. The monoisotopic (exact) mass is 474 g/mol. The molecule has 4 rings (SSSR count). The van der Waals surface area contributed by atoms with E-state index in [0.29, 0.717) is 5.95 Å². The molecule has 0 atom stereocenters. The van der Waals surface area contributed by atoms with Crippen molar-refractivity contribution in [1.82, 2.24) is 19.9 Å². The van der Waals surface area contributed by atoms with Gasteiger partial charge in [0.05, 0.1) is 13.1 Å². The van der Waals surface area contributed by atoms with Crippen molar-refractivity contribution in [3.05, 3.63) is 78.1 Å². The highest BCUT2D eigenvalue weighted by atomic mass is 16.5. The first-order valence-electron chi connectivity index (χ1n) is 12.0. The van der Waals surface area contributed by atoms with E-state index in [9.17, 15) is 10.0 Å². The Hall–Kier alpha value is -3.49. The zero-order chi connectivity index (χ0) is 24.8. The van der Waals surface area contributed by atoms with Crippen LogP contribution in [0.25, 0.3) is 0 Å². The lowest BCUT2D eigenvalue weighted by Gasteiger charge is -2.34. The van der Waals surface area contributed by atoms with Crippen molar-refractivity contribution in [3.8, 4) is 0 Å². The zero-order valence-electron chi connectivity index (χ0n) is 20.7. The molecule has 3 aromatic rings. The standard InChI is InChI=1S/C27H34N6O2/c1-27(2,3)22-7-11-24(12-8-22)30-23-9-5-21(6-10-23)19-33(35)25(34)20-31-15-17-32(18-16-31)26-28-13-4-14-29-26/h4-14,30,35H,15-20H2,1-3H3. The van der Waals surface area contributed by atoms with Crippen molar-refractivity contribution in [2.75, 3.05) is 42.9 Å². The number of rotatable bonds is 7. The molecule has 1 amide bonds. The van der Waals surface area contributed by atoms with Crippen LogP contribution in [0.15, 0.2) is 67.0 Å². The number of aromatic nitrogens is 2. The smallest absolute Gasteiger partial charge is 0.260 e. The van der Waals surface area contributed by atoms with E-state index in [2.05, 4.69) is 65.2 Å². The van der Waals surface area contributed by atoms with E-state index in [4.69, 9.17) is 0 Å². The molecule has 1 aromatic heterocycles. The summed E-state index contributed by atoms with van der Waals surface area (Å²) in [7, 11) is 0. The van der Waals surface area contributed by atoms with Crippen molar-refractivity contribution >= 4 is 23.2 Å². The van der Waals surface area contributed by atoms with Gasteiger partial charge in [-0.2, -0.15) is 0 Å². The average molecular weight is 475 g/mol. The Morgan fingerprint density at radius 3 is 2.09 bits per heavy atom. The van der Waals surface area contributed by atoms with Crippen LogP contribution >= 0.6 is 0 Å². The lowest BCUT2D eigenvalue weighted by atomic mass is 9.87. The number of piperazine rings is 1. The highest BCUT2D eigenvalue weighted by Gasteiger charge is 2.22. The van der Waals surface area contributed by atoms with E-state index in [1.807, 2.05) is 29.2 Å². The Balaban J connectivity index is 1.23. The molecular weight excluding hydrogens is 440 g/mol. The molecule has 0 unspecified atom stereocenters. The number of benzene rings is 2. The second-order valence-corrected chi connectivity index (χ2v) is 9.91. The van der Waals surface area contributed by atoms with E-state index in [1.165, 1.54) is 5.56 Å². The summed E-state index contributed by atoms with van der Waals surface area (Å²) in [6, 6.07) is 18.0. The van der Waals surface area contributed by atoms with Crippen LogP contribution in [0.1, 0.15) is 31.9 Å². The lowest BCUT2D eigenvalue weighted by Crippen LogP contribution is -2.50. The normalized spacial score (nSPS) is 14.6. The first-order chi connectivity index (χ1) is 16.8. The predicted molar refractivity (Wildman–Crippen MR) is 138 cm³/mol. The maximum Gasteiger partial charge on any atom is 0.260 e. The van der Waals surface area contributed by atoms with Gasteiger partial charge in [-0.25, -0.2) is 15.0 Å². The summed E-state index contributed by atoms with van der Waals surface area (Å²) >= 11 is 0. The highest BCUT2D eigenvalue weighted by Crippen LogP contribution is 2.25. The molecule has 0 bridgehead atoms. The number of nitrogens with zero attached hydrogens (tertiary/aromatic N) is 5. The van der Waals surface area contributed by atoms with E-state index >= 15 is 0 Å². The van der Waals surface area contributed by atoms with Crippen LogP contribution in [0.3, 0.4) is 0 Å². The third-order valence-electron chi connectivity index (χ3n) is 6.18. The molecule has 2 heterocycles. The molecule has 0 radical (unpaired) electrons. The summed E-state index contributed by atoms with van der Waals surface area (Å²) < 4.78 is 0. The van der Waals surface area contributed by atoms with Crippen LogP contribution in [0.4, 0.5) is 17.3 Å². The van der Waals surface area contributed by atoms with Gasteiger partial charge in [0.2, 0.25) is 5.95 Å². The molecule has 2 N–H and O–H groups in total. The average Bonchev–Trinajstić information content (AvgIpc) is 2.86. The Morgan fingerprint density at radius 2 is 1.51 bits per heavy atom. The largest absolute Gasteiger partial charge is 0.356 e. The van der Waals surface area contributed by atoms with Crippen LogP contribution in [-0.2, 0) is 16.8 Å². The van der Waals surface area contributed by atoms with Gasteiger partial charge in [-0.3, -0.25) is 14.9 Å². The van der Waals surface area contributed by atoms with Gasteiger partial charge in [-0.15, -0.1) is 0 Å². The van der Waals surface area contributed by atoms with Crippen molar-refractivity contribution in [3.63, 3.8) is 0 Å². The fourth-order valence-corrected chi connectivity index (χ4v) is 4.01. The molecule has 2 aromatic carbocycles. The van der Waals surface area contributed by atoms with E-state index in [-0.39, 0.29) is 24.4 Å². The number of amides is 1. The van der Waals surface area contributed by atoms with E-state index < -0.39 is 0 Å². The van der Waals surface area contributed by atoms with Crippen LogP contribution < -0.4 is 10.2 Å². The summed E-state index contributed by atoms with van der Waals surface area (Å²) in [5, 5.41) is 14.5. The van der Waals surface area contributed by atoms with Crippen molar-refractivity contribution in [2.24, 2.45) is 0 Å². The van der Waals surface area contributed by atoms with Gasteiger partial charge < -0.3 is 10.2 Å². The Morgan fingerprint density at radius 1 is 0.943 bits per heavy atom. The summed E-state index contributed by atoms with van der Waals surface area (Å²) in [6.07, 6.45) is 3.46. The fourth-order valence-electron chi connectivity index (χ4n) is 4.01. The topological polar surface area (TPSA) is 84.8 Å². The van der Waals surface area contributed by atoms with Gasteiger partial charge in [0.25, 0.3) is 5.91 Å². The number of anilines is 3. The number of hydrogen-bond donors (Lipinski definition) is 2. The van der Waals surface area contributed by atoms with Gasteiger partial charge in [0.1, 0.15) is 0 Å². The van der Waals surface area contributed by atoms with Crippen LogP contribution in [0, 0.1) is 0 Å². The van der Waals surface area contributed by atoms with E-state index in [0.717, 1.165) is 48.2 Å². The number of hydroxylamine groups is 2. The van der Waals surface area contributed by atoms with Gasteiger partial charge in [0.15, 0.2) is 0 Å². The molecule has 0 saturated carbocycles. The summed E-state index contributed by atoms with van der Waals surface area (Å²) in [6.45, 7) is 9.86. The van der Waals surface area contributed by atoms with Crippen molar-refractivity contribution < 1.29 is 10.0 Å². The number of carbonyl (C=O) groups is 1. The molecule has 35 heavy (non-hydrogen) atoms. The molecule has 8 nitrogen and oxygen atoms in total. The quantitative estimate of drug-likeness (QED) is 0.395. The molecule has 8 heteroatoms. The van der Waals surface area contributed by atoms with Crippen molar-refractivity contribution in [2.45, 2.75) is 32.7 Å². The molecule has 184 valence electrons. The van der Waals surface area contributed by atoms with Gasteiger partial charge in [-0.05, 0) is 46.9 Å². The number of nitrogens with one attached hydrogen (secondary N) is 1. The molecule has 1 aliphatic heterocycles. The first kappa shape index (κ1) is 24.6. The predicted octanol–water partition coefficient (Wildman–Crippen LogP) is 4.06. The minimum Gasteiger partial charge on any atom is -0.356 e. The Labute approximate surface area is 207 Å². The Kier molecular flexibility index (Phi) is 7.63. The lowest BCUT2D eigenvalue weighted by molar-refractivity contribution is -0.169. The van der Waals surface area contributed by atoms with Gasteiger partial charge in [0, 0.05) is 49.9 Å². The first-order valence-corrected chi connectivity index (χ1v) is 12.0. The van der Waals surface area contributed by atoms with Crippen molar-refractivity contribution in [1.29, 1.82) is 0 Å². The Bertz CT molecular complexity index is 1090. The third-order valence-corrected chi connectivity index (χ3v) is 6.18. The summed E-state index contributed by atoms with van der Waals surface area (Å²) in [5.41, 5.74) is 4.25. The SMILES string of the molecule is CC(C)(C)c1ccc(Nc2ccc(CN(O)C(=O)CN3CCN(c4ncccn4)CC3)cc2)cc1. The number of hydrogen-bond acceptors (Lipinski definition) is 7. The molecule has 1 aliphatic rings. The third kappa shape index (κ3) is 6.77. The maximum atomic E-state index is 12.6. The molecule has 1 saturated heterocycles. The highest BCUT2D eigenvalue weighted by molar-refractivity contribution is 5.77. The maximum absolute atomic E-state index is 12.6. The number of carbonyl (C=O) groups excluding carboxylic acids is 1. The van der Waals surface area contributed by atoms with Gasteiger partial charge in [-0.1, -0.05) is 45.0 Å². The van der Waals surface area contributed by atoms with Crippen LogP contribution in [-0.4, -0.2) is 63.8 Å². The second-order valence-electron chi connectivity index (χ2n) is 9.91. The van der Waals surface area contributed by atoms with Crippen LogP contribution in [0.2, 0.25) is 0 Å². The van der Waals surface area contributed by atoms with E-state index in [1.54, 1.807) is 18.5 Å². The minimum absolute atomic E-state index is 0.124. The molecule has 1 fully saturated rings. The molecule has 0 spiro atoms. The molecular formula is C27H34N6O2. The molecule has 0 aliphatic carbocycles. The summed E-state index contributed by atoms with van der Waals surface area (Å²) in [4.78, 5) is 25.3. The summed E-state index contributed by atoms with van der Waals surface area (Å²) in [5.74, 6) is 0.401. The zero-order valence-corrected chi connectivity index (χ0v) is 20.7.